The number of aryl methyl sites for hydroxylation is 2. The first-order chi connectivity index (χ1) is 11.4. The van der Waals surface area contributed by atoms with Gasteiger partial charge in [0.1, 0.15) is 5.82 Å². The molecule has 2 aliphatic heterocycles. The molecule has 0 saturated carbocycles. The third kappa shape index (κ3) is 2.46. The van der Waals surface area contributed by atoms with Crippen LogP contribution in [0.1, 0.15) is 29.0 Å². The van der Waals surface area contributed by atoms with Crippen molar-refractivity contribution in [3.05, 3.63) is 28.1 Å². The summed E-state index contributed by atoms with van der Waals surface area (Å²) in [6, 6.07) is 0. The van der Waals surface area contributed by atoms with E-state index in [1.165, 1.54) is 0 Å². The van der Waals surface area contributed by atoms with Gasteiger partial charge in [0.25, 0.3) is 0 Å². The number of H-pyrrole nitrogens is 1. The summed E-state index contributed by atoms with van der Waals surface area (Å²) >= 11 is 6.40. The summed E-state index contributed by atoms with van der Waals surface area (Å²) in [5.74, 6) is 2.24. The zero-order valence-electron chi connectivity index (χ0n) is 14.7. The molecule has 0 amide bonds. The van der Waals surface area contributed by atoms with Crippen LogP contribution in [-0.2, 0) is 13.6 Å². The SMILES string of the molecule is Cc1nc(C2CN(C)CC23CN(Cc2nn(C)c(C)c2Cl)C3)n[nH]1. The third-order valence-electron chi connectivity index (χ3n) is 5.52. The molecule has 7 nitrogen and oxygen atoms in total. The molecule has 0 radical (unpaired) electrons. The van der Waals surface area contributed by atoms with Gasteiger partial charge in [-0.25, -0.2) is 4.98 Å². The van der Waals surface area contributed by atoms with E-state index in [1.54, 1.807) is 0 Å². The van der Waals surface area contributed by atoms with E-state index >= 15 is 0 Å². The maximum Gasteiger partial charge on any atom is 0.155 e. The van der Waals surface area contributed by atoms with Gasteiger partial charge in [0, 0.05) is 51.1 Å². The van der Waals surface area contributed by atoms with Crippen molar-refractivity contribution >= 4 is 11.6 Å². The van der Waals surface area contributed by atoms with Crippen molar-refractivity contribution in [1.82, 2.24) is 34.8 Å². The van der Waals surface area contributed by atoms with Crippen molar-refractivity contribution in [3.63, 3.8) is 0 Å². The smallest absolute Gasteiger partial charge is 0.155 e. The fraction of sp³-hybridized carbons (Fsp3) is 0.688. The number of hydrogen-bond donors (Lipinski definition) is 1. The van der Waals surface area contributed by atoms with Gasteiger partial charge in [-0.1, -0.05) is 11.6 Å². The zero-order valence-corrected chi connectivity index (χ0v) is 15.4. The summed E-state index contributed by atoms with van der Waals surface area (Å²) in [7, 11) is 4.12. The van der Waals surface area contributed by atoms with Crippen LogP contribution in [-0.4, -0.2) is 68.0 Å². The minimum Gasteiger partial charge on any atom is -0.305 e. The second-order valence-electron chi connectivity index (χ2n) is 7.51. The molecule has 2 saturated heterocycles. The molecule has 1 spiro atoms. The van der Waals surface area contributed by atoms with Crippen molar-refractivity contribution < 1.29 is 0 Å². The topological polar surface area (TPSA) is 65.9 Å². The number of aromatic nitrogens is 5. The van der Waals surface area contributed by atoms with E-state index in [-0.39, 0.29) is 5.41 Å². The Morgan fingerprint density at radius 2 is 2.00 bits per heavy atom. The highest BCUT2D eigenvalue weighted by atomic mass is 35.5. The molecule has 1 N–H and O–H groups in total. The normalized spacial score (nSPS) is 24.0. The Morgan fingerprint density at radius 3 is 2.58 bits per heavy atom. The van der Waals surface area contributed by atoms with Gasteiger partial charge < -0.3 is 4.90 Å². The second kappa shape index (κ2) is 5.54. The van der Waals surface area contributed by atoms with Crippen molar-refractivity contribution in [2.45, 2.75) is 26.3 Å². The molecule has 2 aromatic heterocycles. The third-order valence-corrected chi connectivity index (χ3v) is 6.01. The molecule has 2 fully saturated rings. The number of nitrogens with zero attached hydrogens (tertiary/aromatic N) is 6. The number of aromatic amines is 1. The van der Waals surface area contributed by atoms with E-state index in [9.17, 15) is 0 Å². The minimum absolute atomic E-state index is 0.250. The van der Waals surface area contributed by atoms with Crippen molar-refractivity contribution in [2.24, 2.45) is 12.5 Å². The lowest BCUT2D eigenvalue weighted by Crippen LogP contribution is -2.59. The van der Waals surface area contributed by atoms with Gasteiger partial charge in [-0.05, 0) is 20.9 Å². The van der Waals surface area contributed by atoms with E-state index in [0.29, 0.717) is 5.92 Å². The Bertz CT molecular complexity index is 759. The van der Waals surface area contributed by atoms with Gasteiger partial charge >= 0.3 is 0 Å². The van der Waals surface area contributed by atoms with Crippen molar-refractivity contribution in [3.8, 4) is 0 Å². The van der Waals surface area contributed by atoms with Gasteiger partial charge in [-0.3, -0.25) is 14.7 Å². The molecule has 1 unspecified atom stereocenters. The molecule has 0 bridgehead atoms. The molecule has 0 aromatic carbocycles. The first-order valence-corrected chi connectivity index (χ1v) is 8.73. The van der Waals surface area contributed by atoms with E-state index in [2.05, 4.69) is 37.1 Å². The van der Waals surface area contributed by atoms with Crippen LogP contribution >= 0.6 is 11.6 Å². The van der Waals surface area contributed by atoms with Crippen molar-refractivity contribution in [2.75, 3.05) is 33.2 Å². The lowest BCUT2D eigenvalue weighted by molar-refractivity contribution is -0.0103. The van der Waals surface area contributed by atoms with E-state index in [1.807, 2.05) is 25.6 Å². The summed E-state index contributed by atoms with van der Waals surface area (Å²) in [4.78, 5) is 9.42. The van der Waals surface area contributed by atoms with Crippen LogP contribution in [0.3, 0.4) is 0 Å². The highest BCUT2D eigenvalue weighted by molar-refractivity contribution is 6.31. The minimum atomic E-state index is 0.250. The average molecular weight is 350 g/mol. The van der Waals surface area contributed by atoms with Crippen LogP contribution in [0, 0.1) is 19.3 Å². The summed E-state index contributed by atoms with van der Waals surface area (Å²) in [6.07, 6.45) is 0. The molecule has 2 aliphatic rings. The summed E-state index contributed by atoms with van der Waals surface area (Å²) in [5, 5.41) is 12.8. The van der Waals surface area contributed by atoms with Gasteiger partial charge in [0.05, 0.1) is 16.4 Å². The zero-order chi connectivity index (χ0) is 17.1. The maximum absolute atomic E-state index is 6.40. The Hall–Kier alpha value is -1.44. The van der Waals surface area contributed by atoms with E-state index in [0.717, 1.165) is 60.8 Å². The maximum atomic E-state index is 6.40. The Morgan fingerprint density at radius 1 is 1.25 bits per heavy atom. The average Bonchev–Trinajstić information content (AvgIpc) is 3.13. The first-order valence-electron chi connectivity index (χ1n) is 8.36. The highest BCUT2D eigenvalue weighted by Gasteiger charge is 2.55. The molecule has 130 valence electrons. The first kappa shape index (κ1) is 16.1. The molecule has 4 rings (SSSR count). The van der Waals surface area contributed by atoms with Crippen LogP contribution in [0.2, 0.25) is 5.02 Å². The number of rotatable bonds is 3. The molecule has 8 heteroatoms. The number of likely N-dealkylation sites (tertiary alicyclic amines) is 2. The number of hydrogen-bond acceptors (Lipinski definition) is 5. The van der Waals surface area contributed by atoms with E-state index < -0.39 is 0 Å². The largest absolute Gasteiger partial charge is 0.305 e. The predicted molar refractivity (Wildman–Crippen MR) is 92.0 cm³/mol. The van der Waals surface area contributed by atoms with Crippen LogP contribution < -0.4 is 0 Å². The second-order valence-corrected chi connectivity index (χ2v) is 7.88. The van der Waals surface area contributed by atoms with Crippen LogP contribution in [0.5, 0.6) is 0 Å². The molecule has 24 heavy (non-hydrogen) atoms. The van der Waals surface area contributed by atoms with Gasteiger partial charge in [0.2, 0.25) is 0 Å². The standard InChI is InChI=1S/C16H24ClN7/c1-10-14(17)13(21-23(10)4)6-24-8-16(9-24)7-22(3)5-12(16)15-18-11(2)19-20-15/h12H,5-9H2,1-4H3,(H,18,19,20). The number of nitrogens with one attached hydrogen (secondary N) is 1. The number of likely N-dealkylation sites (N-methyl/N-ethyl adjacent to an activating group) is 1. The van der Waals surface area contributed by atoms with Crippen molar-refractivity contribution in [1.29, 1.82) is 0 Å². The molecular weight excluding hydrogens is 326 g/mol. The molecule has 2 aromatic rings. The van der Waals surface area contributed by atoms with Crippen LogP contribution in [0.4, 0.5) is 0 Å². The van der Waals surface area contributed by atoms with Gasteiger partial charge in [-0.15, -0.1) is 0 Å². The van der Waals surface area contributed by atoms with Crippen LogP contribution in [0.15, 0.2) is 0 Å². The monoisotopic (exact) mass is 349 g/mol. The number of halogens is 1. The fourth-order valence-electron chi connectivity index (χ4n) is 4.33. The highest BCUT2D eigenvalue weighted by Crippen LogP contribution is 2.48. The summed E-state index contributed by atoms with van der Waals surface area (Å²) in [5.41, 5.74) is 2.25. The fourth-order valence-corrected chi connectivity index (χ4v) is 4.55. The van der Waals surface area contributed by atoms with Gasteiger partial charge in [0.15, 0.2) is 5.82 Å². The molecule has 1 atom stereocenters. The Labute approximate surface area is 147 Å². The van der Waals surface area contributed by atoms with Gasteiger partial charge in [-0.2, -0.15) is 10.2 Å². The lowest BCUT2D eigenvalue weighted by atomic mass is 9.71. The summed E-state index contributed by atoms with van der Waals surface area (Å²) < 4.78 is 1.86. The quantitative estimate of drug-likeness (QED) is 0.905. The van der Waals surface area contributed by atoms with E-state index in [4.69, 9.17) is 11.6 Å². The predicted octanol–water partition coefficient (Wildman–Crippen LogP) is 1.34. The van der Waals surface area contributed by atoms with Crippen LogP contribution in [0.25, 0.3) is 0 Å². The lowest BCUT2D eigenvalue weighted by Gasteiger charge is -2.50. The molecule has 4 heterocycles. The molecule has 0 aliphatic carbocycles. The Kier molecular flexibility index (Phi) is 3.71. The molecular formula is C16H24ClN7. The summed E-state index contributed by atoms with van der Waals surface area (Å²) in [6.45, 7) is 8.98. The Balaban J connectivity index is 1.49.